The Kier molecular flexibility index (Phi) is 2.59. The van der Waals surface area contributed by atoms with Gasteiger partial charge in [0, 0.05) is 25.0 Å². The van der Waals surface area contributed by atoms with E-state index in [9.17, 15) is 9.59 Å². The predicted octanol–water partition coefficient (Wildman–Crippen LogP) is 0.969. The summed E-state index contributed by atoms with van der Waals surface area (Å²) >= 11 is 0. The fourth-order valence-electron chi connectivity index (χ4n) is 1.78. The van der Waals surface area contributed by atoms with Crippen molar-refractivity contribution in [2.75, 3.05) is 14.1 Å². The Morgan fingerprint density at radius 2 is 1.88 bits per heavy atom. The van der Waals surface area contributed by atoms with Gasteiger partial charge in [-0.2, -0.15) is 0 Å². The van der Waals surface area contributed by atoms with Crippen molar-refractivity contribution in [1.82, 2.24) is 9.88 Å². The van der Waals surface area contributed by atoms with Gasteiger partial charge in [0.25, 0.3) is 11.8 Å². The molecular weight excluding hydrogens is 218 g/mol. The van der Waals surface area contributed by atoms with Crippen molar-refractivity contribution < 1.29 is 9.59 Å². The van der Waals surface area contributed by atoms with Crippen LogP contribution in [0.2, 0.25) is 0 Å². The first-order chi connectivity index (χ1) is 8.02. The first-order valence-corrected chi connectivity index (χ1v) is 5.14. The Labute approximate surface area is 98.2 Å². The van der Waals surface area contributed by atoms with E-state index in [4.69, 9.17) is 5.73 Å². The molecule has 0 aliphatic heterocycles. The lowest BCUT2D eigenvalue weighted by Gasteiger charge is -2.09. The number of rotatable bonds is 2. The second-order valence-corrected chi connectivity index (χ2v) is 3.98. The van der Waals surface area contributed by atoms with E-state index < -0.39 is 5.91 Å². The van der Waals surface area contributed by atoms with Crippen LogP contribution in [-0.4, -0.2) is 35.8 Å². The van der Waals surface area contributed by atoms with E-state index in [0.29, 0.717) is 5.39 Å². The molecule has 2 aromatic rings. The molecule has 0 aliphatic rings. The molecule has 1 heterocycles. The minimum absolute atomic E-state index is 0.240. The lowest BCUT2D eigenvalue weighted by atomic mass is 10.1. The maximum absolute atomic E-state index is 11.9. The number of nitrogens with zero attached hydrogens (tertiary/aromatic N) is 1. The van der Waals surface area contributed by atoms with Gasteiger partial charge >= 0.3 is 0 Å². The number of amides is 2. The maximum Gasteiger partial charge on any atom is 0.270 e. The van der Waals surface area contributed by atoms with Crippen molar-refractivity contribution in [1.29, 1.82) is 0 Å². The van der Waals surface area contributed by atoms with Crippen LogP contribution in [-0.2, 0) is 0 Å². The molecule has 0 fully saturated rings. The molecule has 2 amide bonds. The molecule has 1 aromatic heterocycles. The number of aromatic nitrogens is 1. The van der Waals surface area contributed by atoms with E-state index in [0.717, 1.165) is 5.52 Å². The maximum atomic E-state index is 11.9. The van der Waals surface area contributed by atoms with Gasteiger partial charge in [0.1, 0.15) is 5.69 Å². The summed E-state index contributed by atoms with van der Waals surface area (Å²) in [7, 11) is 3.25. The smallest absolute Gasteiger partial charge is 0.270 e. The quantitative estimate of drug-likeness (QED) is 0.807. The third kappa shape index (κ3) is 1.75. The number of benzene rings is 1. The molecule has 2 rings (SSSR count). The van der Waals surface area contributed by atoms with Crippen molar-refractivity contribution in [3.05, 3.63) is 35.5 Å². The van der Waals surface area contributed by atoms with E-state index in [2.05, 4.69) is 4.98 Å². The number of primary amides is 1. The second kappa shape index (κ2) is 3.93. The first kappa shape index (κ1) is 11.2. The molecule has 3 N–H and O–H groups in total. The van der Waals surface area contributed by atoms with Crippen LogP contribution >= 0.6 is 0 Å². The highest BCUT2D eigenvalue weighted by Crippen LogP contribution is 2.22. The Hall–Kier alpha value is -2.30. The summed E-state index contributed by atoms with van der Waals surface area (Å²) in [5.74, 6) is -0.873. The molecule has 0 radical (unpaired) electrons. The van der Waals surface area contributed by atoms with Gasteiger partial charge in [0.2, 0.25) is 0 Å². The fraction of sp³-hybridized carbons (Fsp3) is 0.167. The molecular formula is C12H13N3O2. The molecule has 88 valence electrons. The van der Waals surface area contributed by atoms with Crippen molar-refractivity contribution in [2.24, 2.45) is 5.73 Å². The number of fused-ring (bicyclic) bond motifs is 1. The van der Waals surface area contributed by atoms with Crippen molar-refractivity contribution >= 4 is 22.7 Å². The highest BCUT2D eigenvalue weighted by molar-refractivity contribution is 6.14. The van der Waals surface area contributed by atoms with E-state index in [-0.39, 0.29) is 17.2 Å². The van der Waals surface area contributed by atoms with Gasteiger partial charge in [-0.15, -0.1) is 0 Å². The third-order valence-electron chi connectivity index (χ3n) is 2.57. The zero-order valence-corrected chi connectivity index (χ0v) is 9.65. The lowest BCUT2D eigenvalue weighted by Crippen LogP contribution is -2.25. The summed E-state index contributed by atoms with van der Waals surface area (Å²) in [5, 5.41) is 0.671. The second-order valence-electron chi connectivity index (χ2n) is 3.98. The SMILES string of the molecule is CN(C)C(=O)c1[nH]c2ccccc2c1C(N)=O. The van der Waals surface area contributed by atoms with Crippen LogP contribution in [0.25, 0.3) is 10.9 Å². The molecule has 5 nitrogen and oxygen atoms in total. The summed E-state index contributed by atoms with van der Waals surface area (Å²) in [6, 6.07) is 7.19. The summed E-state index contributed by atoms with van der Waals surface area (Å²) in [6.45, 7) is 0. The number of nitrogens with one attached hydrogen (secondary N) is 1. The highest BCUT2D eigenvalue weighted by Gasteiger charge is 2.22. The van der Waals surface area contributed by atoms with E-state index in [1.807, 2.05) is 6.07 Å². The number of carbonyl (C=O) groups is 2. The lowest BCUT2D eigenvalue weighted by molar-refractivity contribution is 0.0816. The van der Waals surface area contributed by atoms with Gasteiger partial charge in [-0.25, -0.2) is 0 Å². The largest absolute Gasteiger partial charge is 0.366 e. The molecule has 0 bridgehead atoms. The van der Waals surface area contributed by atoms with Gasteiger partial charge in [-0.05, 0) is 6.07 Å². The Morgan fingerprint density at radius 1 is 1.24 bits per heavy atom. The number of para-hydroxylation sites is 1. The summed E-state index contributed by atoms with van der Waals surface area (Å²) < 4.78 is 0. The molecule has 17 heavy (non-hydrogen) atoms. The zero-order chi connectivity index (χ0) is 12.6. The molecule has 5 heteroatoms. The van der Waals surface area contributed by atoms with Gasteiger partial charge in [-0.3, -0.25) is 9.59 Å². The minimum Gasteiger partial charge on any atom is -0.366 e. The summed E-state index contributed by atoms with van der Waals surface area (Å²) in [6.07, 6.45) is 0. The standard InChI is InChI=1S/C12H13N3O2/c1-15(2)12(17)10-9(11(13)16)7-5-3-4-6-8(7)14-10/h3-6,14H,1-2H3,(H2,13,16). The van der Waals surface area contributed by atoms with Crippen LogP contribution in [0.4, 0.5) is 0 Å². The van der Waals surface area contributed by atoms with Crippen LogP contribution in [0, 0.1) is 0 Å². The number of hydrogen-bond acceptors (Lipinski definition) is 2. The van der Waals surface area contributed by atoms with Gasteiger partial charge in [0.15, 0.2) is 0 Å². The van der Waals surface area contributed by atoms with Crippen LogP contribution < -0.4 is 5.73 Å². The molecule has 0 saturated carbocycles. The Balaban J connectivity index is 2.74. The van der Waals surface area contributed by atoms with E-state index in [1.54, 1.807) is 32.3 Å². The van der Waals surface area contributed by atoms with E-state index >= 15 is 0 Å². The summed E-state index contributed by atoms with van der Waals surface area (Å²) in [5.41, 5.74) is 6.55. The fourth-order valence-corrected chi connectivity index (χ4v) is 1.78. The third-order valence-corrected chi connectivity index (χ3v) is 2.57. The molecule has 0 atom stereocenters. The Bertz CT molecular complexity index is 599. The van der Waals surface area contributed by atoms with E-state index in [1.165, 1.54) is 4.90 Å². The molecule has 1 aromatic carbocycles. The topological polar surface area (TPSA) is 79.2 Å². The minimum atomic E-state index is -0.604. The number of nitrogens with two attached hydrogens (primary N) is 1. The van der Waals surface area contributed by atoms with Crippen LogP contribution in [0.3, 0.4) is 0 Å². The predicted molar refractivity (Wildman–Crippen MR) is 64.8 cm³/mol. The number of H-pyrrole nitrogens is 1. The zero-order valence-electron chi connectivity index (χ0n) is 9.65. The molecule has 0 unspecified atom stereocenters. The average Bonchev–Trinajstić information content (AvgIpc) is 2.66. The molecule has 0 aliphatic carbocycles. The van der Waals surface area contributed by atoms with Gasteiger partial charge in [-0.1, -0.05) is 18.2 Å². The van der Waals surface area contributed by atoms with Crippen LogP contribution in [0.5, 0.6) is 0 Å². The van der Waals surface area contributed by atoms with Crippen LogP contribution in [0.1, 0.15) is 20.8 Å². The van der Waals surface area contributed by atoms with Crippen LogP contribution in [0.15, 0.2) is 24.3 Å². The molecule has 0 saturated heterocycles. The first-order valence-electron chi connectivity index (χ1n) is 5.14. The number of aromatic amines is 1. The monoisotopic (exact) mass is 231 g/mol. The number of carbonyl (C=O) groups excluding carboxylic acids is 2. The highest BCUT2D eigenvalue weighted by atomic mass is 16.2. The van der Waals surface area contributed by atoms with Gasteiger partial charge in [0.05, 0.1) is 5.56 Å². The number of hydrogen-bond donors (Lipinski definition) is 2. The Morgan fingerprint density at radius 3 is 2.47 bits per heavy atom. The van der Waals surface area contributed by atoms with Gasteiger partial charge < -0.3 is 15.6 Å². The van der Waals surface area contributed by atoms with Crippen molar-refractivity contribution in [2.45, 2.75) is 0 Å². The molecule has 0 spiro atoms. The van der Waals surface area contributed by atoms with Crippen molar-refractivity contribution in [3.8, 4) is 0 Å². The summed E-state index contributed by atoms with van der Waals surface area (Å²) in [4.78, 5) is 27.7. The van der Waals surface area contributed by atoms with Crippen molar-refractivity contribution in [3.63, 3.8) is 0 Å². The average molecular weight is 231 g/mol. The normalized spacial score (nSPS) is 10.5.